The fourth-order valence-corrected chi connectivity index (χ4v) is 3.03. The van der Waals surface area contributed by atoms with Gasteiger partial charge in [-0.1, -0.05) is 12.1 Å². The van der Waals surface area contributed by atoms with E-state index in [1.807, 2.05) is 12.1 Å². The van der Waals surface area contributed by atoms with E-state index in [1.165, 1.54) is 6.26 Å². The van der Waals surface area contributed by atoms with Crippen molar-refractivity contribution in [3.63, 3.8) is 0 Å². The van der Waals surface area contributed by atoms with Crippen molar-refractivity contribution in [3.05, 3.63) is 29.3 Å². The van der Waals surface area contributed by atoms with E-state index in [4.69, 9.17) is 5.11 Å². The molecule has 1 aliphatic heterocycles. The van der Waals surface area contributed by atoms with Crippen LogP contribution in [0.5, 0.6) is 0 Å². The number of nitrogens with zero attached hydrogens (tertiary/aromatic N) is 1. The van der Waals surface area contributed by atoms with Gasteiger partial charge >= 0.3 is 5.97 Å². The molecular formula is C12H15NO4S. The molecule has 18 heavy (non-hydrogen) atoms. The van der Waals surface area contributed by atoms with E-state index in [0.717, 1.165) is 23.2 Å². The molecule has 1 N–H and O–H groups in total. The van der Waals surface area contributed by atoms with Crippen LogP contribution in [0.2, 0.25) is 0 Å². The number of benzene rings is 1. The van der Waals surface area contributed by atoms with Crippen molar-refractivity contribution >= 4 is 21.5 Å². The molecule has 0 bridgehead atoms. The predicted octanol–water partition coefficient (Wildman–Crippen LogP) is 0.678. The lowest BCUT2D eigenvalue weighted by Gasteiger charge is -2.16. The molecule has 0 aromatic heterocycles. The fraction of sp³-hybridized carbons (Fsp3) is 0.417. The van der Waals surface area contributed by atoms with Crippen molar-refractivity contribution in [1.82, 2.24) is 0 Å². The minimum Gasteiger partial charge on any atom is -0.480 e. The van der Waals surface area contributed by atoms with E-state index in [2.05, 4.69) is 0 Å². The summed E-state index contributed by atoms with van der Waals surface area (Å²) in [6, 6.07) is 5.42. The number of carboxylic acids is 1. The maximum absolute atomic E-state index is 11.2. The minimum atomic E-state index is -3.03. The van der Waals surface area contributed by atoms with Crippen LogP contribution in [0.25, 0.3) is 0 Å². The Morgan fingerprint density at radius 2 is 2.17 bits per heavy atom. The van der Waals surface area contributed by atoms with Crippen molar-refractivity contribution < 1.29 is 18.3 Å². The largest absolute Gasteiger partial charge is 0.480 e. The average Bonchev–Trinajstić information content (AvgIpc) is 2.57. The Morgan fingerprint density at radius 1 is 1.44 bits per heavy atom. The Balaban J connectivity index is 2.22. The molecule has 0 saturated heterocycles. The molecule has 0 saturated carbocycles. The van der Waals surface area contributed by atoms with Crippen LogP contribution in [0.1, 0.15) is 11.1 Å². The second-order valence-electron chi connectivity index (χ2n) is 4.60. The standard InChI is InChI=1S/C12H15NO4S/c1-18(16,17)8-9-2-3-11-10(6-9)4-5-13(11)7-12(14)15/h2-3,6H,4-5,7-8H2,1H3,(H,14,15). The molecule has 1 aliphatic rings. The lowest BCUT2D eigenvalue weighted by Crippen LogP contribution is -2.27. The molecule has 5 nitrogen and oxygen atoms in total. The topological polar surface area (TPSA) is 74.7 Å². The van der Waals surface area contributed by atoms with E-state index in [-0.39, 0.29) is 12.3 Å². The molecule has 1 heterocycles. The summed E-state index contributed by atoms with van der Waals surface area (Å²) in [7, 11) is -3.03. The first-order valence-electron chi connectivity index (χ1n) is 5.61. The molecule has 0 spiro atoms. The van der Waals surface area contributed by atoms with Crippen LogP contribution in [0, 0.1) is 0 Å². The van der Waals surface area contributed by atoms with Crippen molar-refractivity contribution in [2.24, 2.45) is 0 Å². The molecule has 0 amide bonds. The van der Waals surface area contributed by atoms with Gasteiger partial charge in [-0.05, 0) is 23.6 Å². The molecule has 6 heteroatoms. The second-order valence-corrected chi connectivity index (χ2v) is 6.74. The smallest absolute Gasteiger partial charge is 0.323 e. The van der Waals surface area contributed by atoms with E-state index >= 15 is 0 Å². The van der Waals surface area contributed by atoms with Crippen LogP contribution < -0.4 is 4.90 Å². The van der Waals surface area contributed by atoms with Gasteiger partial charge in [-0.3, -0.25) is 4.79 Å². The van der Waals surface area contributed by atoms with Crippen LogP contribution in [-0.4, -0.2) is 38.8 Å². The van der Waals surface area contributed by atoms with Crippen LogP contribution in [0.15, 0.2) is 18.2 Å². The van der Waals surface area contributed by atoms with E-state index in [9.17, 15) is 13.2 Å². The summed E-state index contributed by atoms with van der Waals surface area (Å²) < 4.78 is 22.4. The van der Waals surface area contributed by atoms with Gasteiger partial charge in [0.05, 0.1) is 5.75 Å². The van der Waals surface area contributed by atoms with Crippen LogP contribution in [-0.2, 0) is 26.8 Å². The average molecular weight is 269 g/mol. The number of anilines is 1. The summed E-state index contributed by atoms with van der Waals surface area (Å²) in [5, 5.41) is 8.79. The SMILES string of the molecule is CS(=O)(=O)Cc1ccc2c(c1)CCN2CC(=O)O. The molecule has 98 valence electrons. The third kappa shape index (κ3) is 3.01. The highest BCUT2D eigenvalue weighted by Crippen LogP contribution is 2.28. The monoisotopic (exact) mass is 269 g/mol. The van der Waals surface area contributed by atoms with Gasteiger partial charge in [-0.2, -0.15) is 0 Å². The van der Waals surface area contributed by atoms with E-state index in [1.54, 1.807) is 11.0 Å². The molecule has 0 radical (unpaired) electrons. The molecule has 2 rings (SSSR count). The molecule has 1 aromatic rings. The van der Waals surface area contributed by atoms with Gasteiger partial charge < -0.3 is 10.0 Å². The molecule has 0 unspecified atom stereocenters. The summed E-state index contributed by atoms with van der Waals surface area (Å²) in [5.41, 5.74) is 2.68. The van der Waals surface area contributed by atoms with Crippen LogP contribution in [0.3, 0.4) is 0 Å². The number of hydrogen-bond donors (Lipinski definition) is 1. The Kier molecular flexibility index (Phi) is 3.30. The number of sulfone groups is 1. The third-order valence-corrected chi connectivity index (χ3v) is 3.75. The van der Waals surface area contributed by atoms with E-state index < -0.39 is 15.8 Å². The summed E-state index contributed by atoms with van der Waals surface area (Å²) in [6.07, 6.45) is 1.97. The van der Waals surface area contributed by atoms with Crippen LogP contribution in [0.4, 0.5) is 5.69 Å². The number of carbonyl (C=O) groups is 1. The Bertz CT molecular complexity index is 580. The zero-order valence-corrected chi connectivity index (χ0v) is 10.9. The normalized spacial score (nSPS) is 14.6. The van der Waals surface area contributed by atoms with Gasteiger partial charge in [0.2, 0.25) is 0 Å². The zero-order valence-electron chi connectivity index (χ0n) is 10.1. The molecule has 0 atom stereocenters. The number of rotatable bonds is 4. The molecular weight excluding hydrogens is 254 g/mol. The lowest BCUT2D eigenvalue weighted by atomic mass is 10.1. The van der Waals surface area contributed by atoms with Gasteiger partial charge in [0.25, 0.3) is 0 Å². The fourth-order valence-electron chi connectivity index (χ4n) is 2.24. The Labute approximate surface area is 106 Å². The first-order chi connectivity index (χ1) is 8.35. The summed E-state index contributed by atoms with van der Waals surface area (Å²) in [6.45, 7) is 0.655. The summed E-state index contributed by atoms with van der Waals surface area (Å²) in [5.74, 6) is -0.831. The quantitative estimate of drug-likeness (QED) is 0.870. The molecule has 0 fully saturated rings. The number of hydrogen-bond acceptors (Lipinski definition) is 4. The van der Waals surface area contributed by atoms with Crippen molar-refractivity contribution in [2.45, 2.75) is 12.2 Å². The number of aliphatic carboxylic acids is 1. The highest BCUT2D eigenvalue weighted by Gasteiger charge is 2.21. The van der Waals surface area contributed by atoms with Gasteiger partial charge in [0.1, 0.15) is 6.54 Å². The Morgan fingerprint density at radius 3 is 2.78 bits per heavy atom. The van der Waals surface area contributed by atoms with Gasteiger partial charge in [-0.15, -0.1) is 0 Å². The maximum Gasteiger partial charge on any atom is 0.323 e. The second kappa shape index (κ2) is 4.61. The zero-order chi connectivity index (χ0) is 13.3. The van der Waals surface area contributed by atoms with Crippen molar-refractivity contribution in [1.29, 1.82) is 0 Å². The van der Waals surface area contributed by atoms with Gasteiger partial charge in [-0.25, -0.2) is 8.42 Å². The first kappa shape index (κ1) is 12.9. The summed E-state index contributed by atoms with van der Waals surface area (Å²) >= 11 is 0. The summed E-state index contributed by atoms with van der Waals surface area (Å²) in [4.78, 5) is 12.5. The lowest BCUT2D eigenvalue weighted by molar-refractivity contribution is -0.135. The van der Waals surface area contributed by atoms with Crippen LogP contribution >= 0.6 is 0 Å². The molecule has 0 aliphatic carbocycles. The Hall–Kier alpha value is -1.56. The molecule has 1 aromatic carbocycles. The third-order valence-electron chi connectivity index (χ3n) is 2.89. The predicted molar refractivity (Wildman–Crippen MR) is 68.5 cm³/mol. The number of carboxylic acid groups (broad SMARTS) is 1. The van der Waals surface area contributed by atoms with Gasteiger partial charge in [0, 0.05) is 18.5 Å². The van der Waals surface area contributed by atoms with Crippen molar-refractivity contribution in [3.8, 4) is 0 Å². The first-order valence-corrected chi connectivity index (χ1v) is 7.67. The maximum atomic E-state index is 11.2. The minimum absolute atomic E-state index is 0.0155. The number of fused-ring (bicyclic) bond motifs is 1. The highest BCUT2D eigenvalue weighted by molar-refractivity contribution is 7.89. The van der Waals surface area contributed by atoms with Gasteiger partial charge in [0.15, 0.2) is 9.84 Å². The van der Waals surface area contributed by atoms with Crippen molar-refractivity contribution in [2.75, 3.05) is 24.2 Å². The highest BCUT2D eigenvalue weighted by atomic mass is 32.2. The van der Waals surface area contributed by atoms with E-state index in [0.29, 0.717) is 6.54 Å².